The highest BCUT2D eigenvalue weighted by Gasteiger charge is 2.23. The SMILES string of the molecule is O=c1oc2ccccc2c2oc(NCc3ccccc3)c(-c3ccc([N+](=O)[O-])cc3)c12. The topological polar surface area (TPSA) is 98.5 Å². The van der Waals surface area contributed by atoms with Gasteiger partial charge in [-0.05, 0) is 35.4 Å². The van der Waals surface area contributed by atoms with Gasteiger partial charge in [0.25, 0.3) is 5.69 Å². The van der Waals surface area contributed by atoms with Gasteiger partial charge in [-0.25, -0.2) is 4.79 Å². The molecule has 0 saturated carbocycles. The molecule has 0 saturated heterocycles. The van der Waals surface area contributed by atoms with E-state index in [4.69, 9.17) is 8.83 Å². The van der Waals surface area contributed by atoms with Crippen LogP contribution in [0.1, 0.15) is 5.56 Å². The zero-order valence-electron chi connectivity index (χ0n) is 16.2. The summed E-state index contributed by atoms with van der Waals surface area (Å²) >= 11 is 0. The third-order valence-electron chi connectivity index (χ3n) is 5.11. The predicted molar refractivity (Wildman–Crippen MR) is 118 cm³/mol. The second-order valence-electron chi connectivity index (χ2n) is 7.04. The second-order valence-corrected chi connectivity index (χ2v) is 7.04. The van der Waals surface area contributed by atoms with Crippen molar-refractivity contribution < 1.29 is 13.8 Å². The molecule has 0 atom stereocenters. The molecule has 1 N–H and O–H groups in total. The number of para-hydroxylation sites is 1. The Morgan fingerprint density at radius 1 is 0.871 bits per heavy atom. The molecule has 2 aromatic heterocycles. The van der Waals surface area contributed by atoms with Crippen molar-refractivity contribution in [3.05, 3.63) is 105 Å². The summed E-state index contributed by atoms with van der Waals surface area (Å²) in [6, 6.07) is 22.9. The molecule has 152 valence electrons. The van der Waals surface area contributed by atoms with Crippen LogP contribution in [0.4, 0.5) is 11.6 Å². The molecule has 0 aliphatic heterocycles. The Morgan fingerprint density at radius 3 is 2.32 bits per heavy atom. The van der Waals surface area contributed by atoms with E-state index in [-0.39, 0.29) is 5.69 Å². The average molecular weight is 412 g/mol. The van der Waals surface area contributed by atoms with E-state index in [0.29, 0.717) is 45.5 Å². The summed E-state index contributed by atoms with van der Waals surface area (Å²) in [5.74, 6) is 0.399. The van der Waals surface area contributed by atoms with Crippen molar-refractivity contribution in [3.8, 4) is 11.1 Å². The Hall–Kier alpha value is -4.39. The zero-order chi connectivity index (χ0) is 21.4. The first kappa shape index (κ1) is 18.6. The molecule has 5 rings (SSSR count). The number of hydrogen-bond donors (Lipinski definition) is 1. The van der Waals surface area contributed by atoms with E-state index in [1.165, 1.54) is 12.1 Å². The maximum absolute atomic E-state index is 12.9. The number of rotatable bonds is 5. The van der Waals surface area contributed by atoms with Crippen molar-refractivity contribution >= 4 is 33.5 Å². The van der Waals surface area contributed by atoms with E-state index >= 15 is 0 Å². The van der Waals surface area contributed by atoms with Gasteiger partial charge in [0.2, 0.25) is 5.88 Å². The van der Waals surface area contributed by atoms with Crippen LogP contribution in [-0.2, 0) is 6.54 Å². The molecule has 7 nitrogen and oxygen atoms in total. The van der Waals surface area contributed by atoms with Crippen LogP contribution in [0.2, 0.25) is 0 Å². The number of nitro groups is 1. The molecule has 0 aliphatic carbocycles. The largest absolute Gasteiger partial charge is 0.439 e. The lowest BCUT2D eigenvalue weighted by Gasteiger charge is -2.06. The molecule has 0 fully saturated rings. The molecule has 0 radical (unpaired) electrons. The van der Waals surface area contributed by atoms with Gasteiger partial charge in [-0.3, -0.25) is 10.1 Å². The number of anilines is 1. The van der Waals surface area contributed by atoms with E-state index in [0.717, 1.165) is 5.56 Å². The first-order valence-corrected chi connectivity index (χ1v) is 9.63. The quantitative estimate of drug-likeness (QED) is 0.225. The average Bonchev–Trinajstić information content (AvgIpc) is 3.19. The van der Waals surface area contributed by atoms with Crippen LogP contribution in [0, 0.1) is 10.1 Å². The fourth-order valence-corrected chi connectivity index (χ4v) is 3.64. The van der Waals surface area contributed by atoms with Crippen LogP contribution in [0.5, 0.6) is 0 Å². The molecule has 2 heterocycles. The van der Waals surface area contributed by atoms with Gasteiger partial charge in [-0.1, -0.05) is 42.5 Å². The number of nitrogens with one attached hydrogen (secondary N) is 1. The van der Waals surface area contributed by atoms with Crippen LogP contribution in [0.3, 0.4) is 0 Å². The number of hydrogen-bond acceptors (Lipinski definition) is 6. The summed E-state index contributed by atoms with van der Waals surface area (Å²) in [6.07, 6.45) is 0. The Kier molecular flexibility index (Phi) is 4.48. The number of nitro benzene ring substituents is 1. The van der Waals surface area contributed by atoms with Crippen molar-refractivity contribution in [2.75, 3.05) is 5.32 Å². The minimum atomic E-state index is -0.529. The maximum Gasteiger partial charge on any atom is 0.348 e. The van der Waals surface area contributed by atoms with Gasteiger partial charge in [0.05, 0.1) is 15.9 Å². The number of benzene rings is 3. The minimum absolute atomic E-state index is 0.0344. The lowest BCUT2D eigenvalue weighted by molar-refractivity contribution is -0.384. The van der Waals surface area contributed by atoms with Crippen LogP contribution < -0.4 is 10.9 Å². The van der Waals surface area contributed by atoms with E-state index in [1.807, 2.05) is 42.5 Å². The molecule has 3 aromatic carbocycles. The minimum Gasteiger partial charge on any atom is -0.439 e. The fourth-order valence-electron chi connectivity index (χ4n) is 3.64. The smallest absolute Gasteiger partial charge is 0.348 e. The molecule has 0 spiro atoms. The van der Waals surface area contributed by atoms with Gasteiger partial charge in [-0.15, -0.1) is 0 Å². The summed E-state index contributed by atoms with van der Waals surface area (Å²) < 4.78 is 11.7. The normalized spacial score (nSPS) is 11.1. The van der Waals surface area contributed by atoms with E-state index in [1.54, 1.807) is 24.3 Å². The highest BCUT2D eigenvalue weighted by molar-refractivity contribution is 6.09. The van der Waals surface area contributed by atoms with Crippen LogP contribution >= 0.6 is 0 Å². The lowest BCUT2D eigenvalue weighted by atomic mass is 10.0. The summed E-state index contributed by atoms with van der Waals surface area (Å²) in [7, 11) is 0. The standard InChI is InChI=1S/C24H16N2O5/c27-24-21-20(16-10-12-17(13-11-16)26(28)29)23(25-14-15-6-2-1-3-7-15)31-22(21)18-8-4-5-9-19(18)30-24/h1-13,25H,14H2. The van der Waals surface area contributed by atoms with Gasteiger partial charge in [-0.2, -0.15) is 0 Å². The van der Waals surface area contributed by atoms with Gasteiger partial charge < -0.3 is 14.2 Å². The fraction of sp³-hybridized carbons (Fsp3) is 0.0417. The van der Waals surface area contributed by atoms with E-state index < -0.39 is 10.5 Å². The Morgan fingerprint density at radius 2 is 1.58 bits per heavy atom. The van der Waals surface area contributed by atoms with Gasteiger partial charge in [0.1, 0.15) is 11.0 Å². The molecular formula is C24H16N2O5. The summed E-state index contributed by atoms with van der Waals surface area (Å²) in [5.41, 5.74) is 2.44. The number of non-ortho nitro benzene ring substituents is 1. The van der Waals surface area contributed by atoms with Gasteiger partial charge in [0.15, 0.2) is 5.58 Å². The van der Waals surface area contributed by atoms with E-state index in [2.05, 4.69) is 5.32 Å². The highest BCUT2D eigenvalue weighted by atomic mass is 16.6. The van der Waals surface area contributed by atoms with Crippen molar-refractivity contribution in [2.24, 2.45) is 0 Å². The molecule has 0 bridgehead atoms. The maximum atomic E-state index is 12.9. The van der Waals surface area contributed by atoms with Crippen LogP contribution in [-0.4, -0.2) is 4.92 Å². The van der Waals surface area contributed by atoms with Gasteiger partial charge in [0, 0.05) is 18.7 Å². The summed E-state index contributed by atoms with van der Waals surface area (Å²) in [4.78, 5) is 23.5. The molecule has 5 aromatic rings. The zero-order valence-corrected chi connectivity index (χ0v) is 16.2. The molecule has 0 aliphatic rings. The summed E-state index contributed by atoms with van der Waals surface area (Å²) in [5, 5.41) is 15.3. The second kappa shape index (κ2) is 7.46. The molecule has 0 unspecified atom stereocenters. The lowest BCUT2D eigenvalue weighted by Crippen LogP contribution is -2.02. The number of furan rings is 1. The number of nitrogens with zero attached hydrogens (tertiary/aromatic N) is 1. The van der Waals surface area contributed by atoms with Crippen molar-refractivity contribution in [3.63, 3.8) is 0 Å². The van der Waals surface area contributed by atoms with Crippen molar-refractivity contribution in [1.29, 1.82) is 0 Å². The Labute approximate surface area is 175 Å². The molecule has 31 heavy (non-hydrogen) atoms. The Balaban J connectivity index is 1.72. The van der Waals surface area contributed by atoms with Crippen LogP contribution in [0.15, 0.2) is 92.5 Å². The third kappa shape index (κ3) is 3.32. The molecule has 0 amide bonds. The first-order chi connectivity index (χ1) is 15.1. The Bertz CT molecular complexity index is 1470. The highest BCUT2D eigenvalue weighted by Crippen LogP contribution is 2.40. The van der Waals surface area contributed by atoms with Gasteiger partial charge >= 0.3 is 5.63 Å². The van der Waals surface area contributed by atoms with E-state index in [9.17, 15) is 14.9 Å². The number of fused-ring (bicyclic) bond motifs is 3. The predicted octanol–water partition coefficient (Wildman–Crippen LogP) is 5.73. The van der Waals surface area contributed by atoms with Crippen molar-refractivity contribution in [1.82, 2.24) is 0 Å². The molecule has 7 heteroatoms. The molecular weight excluding hydrogens is 396 g/mol. The summed E-state index contributed by atoms with van der Waals surface area (Å²) in [6.45, 7) is 0.476. The first-order valence-electron chi connectivity index (χ1n) is 9.63. The van der Waals surface area contributed by atoms with Crippen LogP contribution in [0.25, 0.3) is 33.1 Å². The van der Waals surface area contributed by atoms with Crippen molar-refractivity contribution in [2.45, 2.75) is 6.54 Å². The monoisotopic (exact) mass is 412 g/mol. The third-order valence-corrected chi connectivity index (χ3v) is 5.11.